The third kappa shape index (κ3) is 4.35. The lowest BCUT2D eigenvalue weighted by Crippen LogP contribution is -2.23. The Balaban J connectivity index is 1.67. The molecule has 128 valence electrons. The highest BCUT2D eigenvalue weighted by Crippen LogP contribution is 2.24. The van der Waals surface area contributed by atoms with Crippen LogP contribution in [0.15, 0.2) is 49.1 Å². The van der Waals surface area contributed by atoms with E-state index in [9.17, 15) is 9.18 Å². The zero-order chi connectivity index (χ0) is 17.8. The van der Waals surface area contributed by atoms with Crippen LogP contribution in [0.4, 0.5) is 4.39 Å². The van der Waals surface area contributed by atoms with E-state index in [0.717, 1.165) is 17.2 Å². The predicted octanol–water partition coefficient (Wildman–Crippen LogP) is 3.70. The van der Waals surface area contributed by atoms with Gasteiger partial charge in [0.05, 0.1) is 22.2 Å². The van der Waals surface area contributed by atoms with Gasteiger partial charge in [-0.3, -0.25) is 4.79 Å². The number of hydrogen-bond acceptors (Lipinski definition) is 3. The number of carbonyl (C=O) groups excluding carboxylic acids is 1. The molecule has 0 aliphatic heterocycles. The number of carbonyl (C=O) groups is 1. The minimum Gasteiger partial charge on any atom is -0.348 e. The summed E-state index contributed by atoms with van der Waals surface area (Å²) in [5, 5.41) is 6.75. The molecule has 0 spiro atoms. The van der Waals surface area contributed by atoms with Crippen molar-refractivity contribution in [3.63, 3.8) is 0 Å². The molecule has 3 rings (SSSR count). The molecule has 0 saturated carbocycles. The molecule has 0 aliphatic carbocycles. The second-order valence-corrected chi connectivity index (χ2v) is 6.16. The fourth-order valence-electron chi connectivity index (χ4n) is 2.31. The Morgan fingerprint density at radius 2 is 1.96 bits per heavy atom. The van der Waals surface area contributed by atoms with E-state index in [-0.39, 0.29) is 22.2 Å². The maximum atomic E-state index is 13.5. The first-order chi connectivity index (χ1) is 12.0. The van der Waals surface area contributed by atoms with Crippen LogP contribution in [0, 0.1) is 5.82 Å². The number of amides is 1. The summed E-state index contributed by atoms with van der Waals surface area (Å²) in [5.74, 6) is -1.16. The van der Waals surface area contributed by atoms with E-state index in [1.54, 1.807) is 11.0 Å². The van der Waals surface area contributed by atoms with Crippen molar-refractivity contribution in [1.82, 2.24) is 20.1 Å². The van der Waals surface area contributed by atoms with Crippen LogP contribution in [0.2, 0.25) is 10.0 Å². The van der Waals surface area contributed by atoms with Crippen molar-refractivity contribution >= 4 is 29.1 Å². The first kappa shape index (κ1) is 17.4. The van der Waals surface area contributed by atoms with Crippen LogP contribution < -0.4 is 5.32 Å². The number of aromatic nitrogens is 3. The number of nitrogens with zero attached hydrogens (tertiary/aromatic N) is 3. The number of benzene rings is 2. The molecule has 5 nitrogen and oxygen atoms in total. The van der Waals surface area contributed by atoms with Gasteiger partial charge in [0.25, 0.3) is 5.91 Å². The standard InChI is InChI=1S/C17H13Cl2FN4O/c18-14-6-15(19)16(20)5-13(14)17(25)22-7-11-2-1-3-12(4-11)8-24-10-21-9-23-24/h1-6,9-10H,7-8H2,(H,22,25). The van der Waals surface area contributed by atoms with Gasteiger partial charge in [-0.15, -0.1) is 0 Å². The first-order valence-electron chi connectivity index (χ1n) is 7.36. The highest BCUT2D eigenvalue weighted by Gasteiger charge is 2.14. The van der Waals surface area contributed by atoms with Gasteiger partial charge in [0.15, 0.2) is 0 Å². The summed E-state index contributed by atoms with van der Waals surface area (Å²) in [7, 11) is 0. The van der Waals surface area contributed by atoms with Crippen molar-refractivity contribution in [2.24, 2.45) is 0 Å². The molecule has 25 heavy (non-hydrogen) atoms. The normalized spacial score (nSPS) is 10.7. The average molecular weight is 379 g/mol. The summed E-state index contributed by atoms with van der Waals surface area (Å²) in [6.07, 6.45) is 3.10. The van der Waals surface area contributed by atoms with Gasteiger partial charge in [0.2, 0.25) is 0 Å². The smallest absolute Gasteiger partial charge is 0.253 e. The van der Waals surface area contributed by atoms with Crippen molar-refractivity contribution < 1.29 is 9.18 Å². The van der Waals surface area contributed by atoms with Gasteiger partial charge in [0.1, 0.15) is 18.5 Å². The molecule has 0 saturated heterocycles. The molecule has 0 unspecified atom stereocenters. The summed E-state index contributed by atoms with van der Waals surface area (Å²) in [6, 6.07) is 9.93. The topological polar surface area (TPSA) is 59.8 Å². The Kier molecular flexibility index (Phi) is 5.31. The molecule has 0 fully saturated rings. The largest absolute Gasteiger partial charge is 0.348 e. The van der Waals surface area contributed by atoms with Crippen molar-refractivity contribution in [2.75, 3.05) is 0 Å². The minimum absolute atomic E-state index is 0.0438. The lowest BCUT2D eigenvalue weighted by Gasteiger charge is -2.09. The van der Waals surface area contributed by atoms with Crippen LogP contribution in [0.25, 0.3) is 0 Å². The third-order valence-corrected chi connectivity index (χ3v) is 4.11. The molecule has 2 aromatic carbocycles. The average Bonchev–Trinajstić information content (AvgIpc) is 3.09. The van der Waals surface area contributed by atoms with Crippen LogP contribution in [-0.2, 0) is 13.1 Å². The van der Waals surface area contributed by atoms with E-state index in [2.05, 4.69) is 15.4 Å². The lowest BCUT2D eigenvalue weighted by atomic mass is 10.1. The maximum absolute atomic E-state index is 13.5. The van der Waals surface area contributed by atoms with Gasteiger partial charge in [-0.25, -0.2) is 14.1 Å². The summed E-state index contributed by atoms with van der Waals surface area (Å²) < 4.78 is 15.2. The summed E-state index contributed by atoms with van der Waals surface area (Å²) in [5.41, 5.74) is 1.96. The fraction of sp³-hybridized carbons (Fsp3) is 0.118. The fourth-order valence-corrected chi connectivity index (χ4v) is 2.78. The molecule has 0 bridgehead atoms. The van der Waals surface area contributed by atoms with Crippen LogP contribution in [-0.4, -0.2) is 20.7 Å². The van der Waals surface area contributed by atoms with Crippen LogP contribution in [0.3, 0.4) is 0 Å². The summed E-state index contributed by atoms with van der Waals surface area (Å²) in [4.78, 5) is 16.1. The van der Waals surface area contributed by atoms with E-state index >= 15 is 0 Å². The second kappa shape index (κ2) is 7.63. The maximum Gasteiger partial charge on any atom is 0.253 e. The Hall–Kier alpha value is -2.44. The summed E-state index contributed by atoms with van der Waals surface area (Å²) in [6.45, 7) is 0.862. The molecular weight excluding hydrogens is 366 g/mol. The second-order valence-electron chi connectivity index (χ2n) is 5.34. The molecule has 8 heteroatoms. The Morgan fingerprint density at radius 3 is 2.72 bits per heavy atom. The SMILES string of the molecule is O=C(NCc1cccc(Cn2cncn2)c1)c1cc(F)c(Cl)cc1Cl. The molecular formula is C17H13Cl2FN4O. The van der Waals surface area contributed by atoms with E-state index in [4.69, 9.17) is 23.2 Å². The van der Waals surface area contributed by atoms with Crippen LogP contribution in [0.1, 0.15) is 21.5 Å². The first-order valence-corrected chi connectivity index (χ1v) is 8.11. The number of nitrogens with one attached hydrogen (secondary N) is 1. The third-order valence-electron chi connectivity index (χ3n) is 3.51. The zero-order valence-electron chi connectivity index (χ0n) is 12.9. The summed E-state index contributed by atoms with van der Waals surface area (Å²) >= 11 is 11.6. The molecule has 3 aromatic rings. The lowest BCUT2D eigenvalue weighted by molar-refractivity contribution is 0.0950. The van der Waals surface area contributed by atoms with Gasteiger partial charge in [-0.05, 0) is 23.3 Å². The minimum atomic E-state index is -0.689. The highest BCUT2D eigenvalue weighted by atomic mass is 35.5. The molecule has 1 heterocycles. The van der Waals surface area contributed by atoms with E-state index in [1.165, 1.54) is 12.4 Å². The number of hydrogen-bond donors (Lipinski definition) is 1. The molecule has 0 atom stereocenters. The van der Waals surface area contributed by atoms with Crippen molar-refractivity contribution in [3.05, 3.63) is 81.6 Å². The number of halogens is 3. The molecule has 1 N–H and O–H groups in total. The van der Waals surface area contributed by atoms with Gasteiger partial charge >= 0.3 is 0 Å². The van der Waals surface area contributed by atoms with Gasteiger partial charge in [-0.2, -0.15) is 5.10 Å². The van der Waals surface area contributed by atoms with Crippen molar-refractivity contribution in [2.45, 2.75) is 13.1 Å². The zero-order valence-corrected chi connectivity index (χ0v) is 14.4. The van der Waals surface area contributed by atoms with Crippen LogP contribution in [0.5, 0.6) is 0 Å². The van der Waals surface area contributed by atoms with Gasteiger partial charge in [0, 0.05) is 6.54 Å². The molecule has 0 aliphatic rings. The van der Waals surface area contributed by atoms with E-state index < -0.39 is 11.7 Å². The molecule has 0 radical (unpaired) electrons. The molecule has 1 amide bonds. The monoisotopic (exact) mass is 378 g/mol. The van der Waals surface area contributed by atoms with Gasteiger partial charge < -0.3 is 5.32 Å². The Bertz CT molecular complexity index is 900. The quantitative estimate of drug-likeness (QED) is 0.688. The predicted molar refractivity (Wildman–Crippen MR) is 93.2 cm³/mol. The van der Waals surface area contributed by atoms with Crippen molar-refractivity contribution in [1.29, 1.82) is 0 Å². The highest BCUT2D eigenvalue weighted by molar-refractivity contribution is 6.36. The molecule has 1 aromatic heterocycles. The van der Waals surface area contributed by atoms with Crippen molar-refractivity contribution in [3.8, 4) is 0 Å². The Labute approximate surface area is 153 Å². The van der Waals surface area contributed by atoms with Crippen LogP contribution >= 0.6 is 23.2 Å². The number of rotatable bonds is 5. The van der Waals surface area contributed by atoms with E-state index in [1.807, 2.05) is 24.3 Å². The Morgan fingerprint density at radius 1 is 1.16 bits per heavy atom. The van der Waals surface area contributed by atoms with Gasteiger partial charge in [-0.1, -0.05) is 47.5 Å². The van der Waals surface area contributed by atoms with E-state index in [0.29, 0.717) is 6.54 Å².